The lowest BCUT2D eigenvalue weighted by Crippen LogP contribution is -2.21. The van der Waals surface area contributed by atoms with Crippen LogP contribution in [0.25, 0.3) is 0 Å². The molecule has 10 nitrogen and oxygen atoms in total. The number of thiophene rings is 1. The van der Waals surface area contributed by atoms with Crippen molar-refractivity contribution in [2.75, 3.05) is 32.3 Å². The summed E-state index contributed by atoms with van der Waals surface area (Å²) >= 11 is 8.49. The van der Waals surface area contributed by atoms with Crippen LogP contribution in [0.15, 0.2) is 36.0 Å². The number of rotatable bonds is 11. The first-order valence-corrected chi connectivity index (χ1v) is 14.0. The first-order valence-electron chi connectivity index (χ1n) is 11.8. The fourth-order valence-corrected chi connectivity index (χ4v) is 5.75. The van der Waals surface area contributed by atoms with Gasteiger partial charge in [-0.05, 0) is 44.0 Å². The smallest absolute Gasteiger partial charge is 0.341 e. The Morgan fingerprint density at radius 3 is 2.64 bits per heavy atom. The van der Waals surface area contributed by atoms with E-state index in [0.717, 1.165) is 16.9 Å². The van der Waals surface area contributed by atoms with E-state index in [2.05, 4.69) is 22.1 Å². The monoisotopic (exact) mass is 591 g/mol. The van der Waals surface area contributed by atoms with Gasteiger partial charge in [0.25, 0.3) is 5.91 Å². The van der Waals surface area contributed by atoms with Crippen molar-refractivity contribution in [3.05, 3.63) is 63.3 Å². The van der Waals surface area contributed by atoms with E-state index >= 15 is 0 Å². The predicted molar refractivity (Wildman–Crippen MR) is 153 cm³/mol. The van der Waals surface area contributed by atoms with E-state index in [4.69, 9.17) is 21.1 Å². The molecule has 39 heavy (non-hydrogen) atoms. The van der Waals surface area contributed by atoms with Crippen LogP contribution in [0.2, 0.25) is 5.02 Å². The largest absolute Gasteiger partial charge is 0.481 e. The number of hydrogen-bond donors (Lipinski definition) is 1. The number of carbonyl (C=O) groups excluding carboxylic acids is 3. The highest BCUT2D eigenvalue weighted by Crippen LogP contribution is 2.35. The lowest BCUT2D eigenvalue weighted by atomic mass is 10.1. The molecule has 0 radical (unpaired) electrons. The Morgan fingerprint density at radius 1 is 1.28 bits per heavy atom. The molecular weight excluding hydrogens is 562 g/mol. The highest BCUT2D eigenvalue weighted by molar-refractivity contribution is 7.99. The Kier molecular flexibility index (Phi) is 10.2. The second kappa shape index (κ2) is 13.1. The van der Waals surface area contributed by atoms with Crippen LogP contribution in [0.1, 0.15) is 50.0 Å². The molecule has 0 aliphatic carbocycles. The molecule has 0 aliphatic rings. The summed E-state index contributed by atoms with van der Waals surface area (Å²) in [6, 6.07) is 5.51. The van der Waals surface area contributed by atoms with Gasteiger partial charge in [-0.2, -0.15) is 0 Å². The van der Waals surface area contributed by atoms with Crippen molar-refractivity contribution >= 4 is 57.5 Å². The minimum absolute atomic E-state index is 0.0251. The van der Waals surface area contributed by atoms with Crippen LogP contribution in [0.3, 0.4) is 0 Å². The Morgan fingerprint density at radius 2 is 2.00 bits per heavy atom. The van der Waals surface area contributed by atoms with E-state index in [0.29, 0.717) is 38.7 Å². The van der Waals surface area contributed by atoms with Gasteiger partial charge in [0.15, 0.2) is 17.1 Å². The molecule has 2 amide bonds. The summed E-state index contributed by atoms with van der Waals surface area (Å²) in [5, 5.41) is 12.5. The number of anilines is 1. The number of nitrogens with one attached hydrogen (secondary N) is 1. The topological polar surface area (TPSA) is 116 Å². The number of aromatic nitrogens is 3. The number of amides is 2. The number of ether oxygens (including phenoxy) is 2. The Balaban J connectivity index is 1.77. The zero-order valence-corrected chi connectivity index (χ0v) is 24.9. The molecule has 1 unspecified atom stereocenters. The number of hydrogen-bond acceptors (Lipinski definition) is 9. The number of carbonyl (C=O) groups is 3. The van der Waals surface area contributed by atoms with Gasteiger partial charge in [-0.15, -0.1) is 28.1 Å². The van der Waals surface area contributed by atoms with Crippen LogP contribution in [0, 0.1) is 13.8 Å². The molecule has 0 bridgehead atoms. The molecule has 13 heteroatoms. The standard InChI is InChI=1S/C26H30ClN5O5S2/c1-8-11-32-22(16(4)37-18-12-14(2)9-10-17(18)27)29-30-26(32)38-13-19(33)28-23-20(25(35)36-7)15(3)21(39-23)24(34)31(5)6/h8-10,12,16H,1,11,13H2,2-7H3,(H,28,33). The number of benzene rings is 1. The number of halogens is 1. The quantitative estimate of drug-likeness (QED) is 0.185. The molecule has 3 aromatic rings. The first kappa shape index (κ1) is 30.2. The molecule has 208 valence electrons. The molecule has 0 fully saturated rings. The van der Waals surface area contributed by atoms with E-state index < -0.39 is 12.1 Å². The van der Waals surface area contributed by atoms with Crippen molar-refractivity contribution in [2.24, 2.45) is 0 Å². The second-order valence-corrected chi connectivity index (χ2v) is 11.1. The van der Waals surface area contributed by atoms with Crippen LogP contribution in [0.5, 0.6) is 5.75 Å². The molecule has 0 spiro atoms. The van der Waals surface area contributed by atoms with Crippen molar-refractivity contribution in [3.63, 3.8) is 0 Å². The van der Waals surface area contributed by atoms with Crippen LogP contribution in [-0.2, 0) is 16.1 Å². The Labute approximate surface area is 240 Å². The van der Waals surface area contributed by atoms with Gasteiger partial charge in [0.1, 0.15) is 10.8 Å². The lowest BCUT2D eigenvalue weighted by molar-refractivity contribution is -0.113. The van der Waals surface area contributed by atoms with E-state index in [1.165, 1.54) is 23.8 Å². The van der Waals surface area contributed by atoms with Crippen molar-refractivity contribution in [1.82, 2.24) is 19.7 Å². The molecule has 1 N–H and O–H groups in total. The third-order valence-electron chi connectivity index (χ3n) is 5.53. The second-order valence-electron chi connectivity index (χ2n) is 8.72. The van der Waals surface area contributed by atoms with Crippen LogP contribution in [0.4, 0.5) is 5.00 Å². The fourth-order valence-electron chi connectivity index (χ4n) is 3.60. The number of esters is 1. The van der Waals surface area contributed by atoms with E-state index in [9.17, 15) is 14.4 Å². The highest BCUT2D eigenvalue weighted by atomic mass is 35.5. The normalized spacial score (nSPS) is 11.6. The summed E-state index contributed by atoms with van der Waals surface area (Å²) in [5.41, 5.74) is 1.61. The first-order chi connectivity index (χ1) is 18.5. The molecule has 0 aliphatic heterocycles. The fraction of sp³-hybridized carbons (Fsp3) is 0.346. The maximum atomic E-state index is 12.9. The van der Waals surface area contributed by atoms with Crippen LogP contribution < -0.4 is 10.1 Å². The third-order valence-corrected chi connectivity index (χ3v) is 8.01. The van der Waals surface area contributed by atoms with Gasteiger partial charge in [0.2, 0.25) is 5.91 Å². The number of allylic oxidation sites excluding steroid dienone is 1. The van der Waals surface area contributed by atoms with Gasteiger partial charge in [0.05, 0.1) is 28.3 Å². The van der Waals surface area contributed by atoms with E-state index in [1.807, 2.05) is 30.5 Å². The molecule has 0 saturated heterocycles. The lowest BCUT2D eigenvalue weighted by Gasteiger charge is -2.17. The minimum Gasteiger partial charge on any atom is -0.481 e. The molecule has 2 heterocycles. The van der Waals surface area contributed by atoms with Gasteiger partial charge < -0.3 is 19.7 Å². The molecule has 1 atom stereocenters. The van der Waals surface area contributed by atoms with Crippen molar-refractivity contribution in [3.8, 4) is 5.75 Å². The minimum atomic E-state index is -0.637. The Hall–Kier alpha value is -3.35. The van der Waals surface area contributed by atoms with Crippen LogP contribution in [-0.4, -0.2) is 64.4 Å². The molecule has 0 saturated carbocycles. The van der Waals surface area contributed by atoms with Crippen molar-refractivity contribution in [1.29, 1.82) is 0 Å². The zero-order chi connectivity index (χ0) is 28.9. The number of nitrogens with zero attached hydrogens (tertiary/aromatic N) is 4. The number of thioether (sulfide) groups is 1. The molecular formula is C26H30ClN5O5S2. The third kappa shape index (κ3) is 7.00. The molecule has 1 aromatic carbocycles. The average Bonchev–Trinajstić information content (AvgIpc) is 3.44. The molecule has 3 rings (SSSR count). The summed E-state index contributed by atoms with van der Waals surface area (Å²) in [4.78, 5) is 39.7. The summed E-state index contributed by atoms with van der Waals surface area (Å²) in [7, 11) is 4.47. The van der Waals surface area contributed by atoms with Gasteiger partial charge in [-0.25, -0.2) is 4.79 Å². The number of methoxy groups -OCH3 is 1. The zero-order valence-electron chi connectivity index (χ0n) is 22.5. The van der Waals surface area contributed by atoms with Crippen LogP contribution >= 0.6 is 34.7 Å². The highest BCUT2D eigenvalue weighted by Gasteiger charge is 2.27. The summed E-state index contributed by atoms with van der Waals surface area (Å²) in [5.74, 6) is -0.244. The maximum absolute atomic E-state index is 12.9. The van der Waals surface area contributed by atoms with E-state index in [1.54, 1.807) is 33.2 Å². The average molecular weight is 592 g/mol. The summed E-state index contributed by atoms with van der Waals surface area (Å²) in [6.07, 6.45) is 1.22. The summed E-state index contributed by atoms with van der Waals surface area (Å²) in [6.45, 7) is 9.64. The summed E-state index contributed by atoms with van der Waals surface area (Å²) < 4.78 is 12.8. The van der Waals surface area contributed by atoms with Crippen molar-refractivity contribution < 1.29 is 23.9 Å². The van der Waals surface area contributed by atoms with Gasteiger partial charge in [0, 0.05) is 20.6 Å². The van der Waals surface area contributed by atoms with Crippen molar-refractivity contribution in [2.45, 2.75) is 38.6 Å². The maximum Gasteiger partial charge on any atom is 0.341 e. The predicted octanol–water partition coefficient (Wildman–Crippen LogP) is 5.16. The van der Waals surface area contributed by atoms with Gasteiger partial charge in [-0.3, -0.25) is 14.2 Å². The Bertz CT molecular complexity index is 1400. The molecule has 2 aromatic heterocycles. The SMILES string of the molecule is C=CCn1c(SCC(=O)Nc2sc(C(=O)N(C)C)c(C)c2C(=O)OC)nnc1C(C)Oc1cc(C)ccc1Cl. The van der Waals surface area contributed by atoms with E-state index in [-0.39, 0.29) is 28.1 Å². The van der Waals surface area contributed by atoms with Gasteiger partial charge in [-0.1, -0.05) is 35.5 Å². The van der Waals surface area contributed by atoms with Gasteiger partial charge >= 0.3 is 5.97 Å². The number of aryl methyl sites for hydroxylation is 1.